The summed E-state index contributed by atoms with van der Waals surface area (Å²) >= 11 is 0. The molecule has 1 amide bonds. The molecule has 4 nitrogen and oxygen atoms in total. The first-order valence-corrected chi connectivity index (χ1v) is 6.08. The summed E-state index contributed by atoms with van der Waals surface area (Å²) < 4.78 is 0. The lowest BCUT2D eigenvalue weighted by molar-refractivity contribution is -0.118. The fourth-order valence-corrected chi connectivity index (χ4v) is 1.06. The van der Waals surface area contributed by atoms with Gasteiger partial charge in [0.2, 0.25) is 5.91 Å². The van der Waals surface area contributed by atoms with Crippen molar-refractivity contribution in [2.45, 2.75) is 46.5 Å². The molecule has 0 rings (SSSR count). The number of aliphatic hydroxyl groups is 2. The van der Waals surface area contributed by atoms with Gasteiger partial charge in [0.25, 0.3) is 0 Å². The zero-order chi connectivity index (χ0) is 12.8. The minimum absolute atomic E-state index is 0.00247. The second kappa shape index (κ2) is 14.4. The summed E-state index contributed by atoms with van der Waals surface area (Å²) in [6, 6.07) is 0. The van der Waals surface area contributed by atoms with Crippen molar-refractivity contribution in [2.24, 2.45) is 5.92 Å². The number of carbonyl (C=O) groups excluding carboxylic acids is 1. The van der Waals surface area contributed by atoms with E-state index in [4.69, 9.17) is 10.2 Å². The molecule has 0 aliphatic rings. The SMILES string of the molecule is CC(=O)NCCCCC(CO)CO.CCC. The van der Waals surface area contributed by atoms with E-state index in [2.05, 4.69) is 19.2 Å². The average molecular weight is 233 g/mol. The lowest BCUT2D eigenvalue weighted by Crippen LogP contribution is -2.21. The van der Waals surface area contributed by atoms with Crippen LogP contribution in [0.1, 0.15) is 46.5 Å². The minimum atomic E-state index is -0.0131. The van der Waals surface area contributed by atoms with Crippen LogP contribution in [-0.2, 0) is 4.79 Å². The van der Waals surface area contributed by atoms with E-state index >= 15 is 0 Å². The van der Waals surface area contributed by atoms with E-state index in [0.29, 0.717) is 6.54 Å². The molecule has 4 heteroatoms. The van der Waals surface area contributed by atoms with Crippen LogP contribution in [0.3, 0.4) is 0 Å². The van der Waals surface area contributed by atoms with Crippen molar-refractivity contribution in [1.82, 2.24) is 5.32 Å². The van der Waals surface area contributed by atoms with Crippen LogP contribution in [-0.4, -0.2) is 35.9 Å². The highest BCUT2D eigenvalue weighted by atomic mass is 16.3. The van der Waals surface area contributed by atoms with Crippen molar-refractivity contribution in [3.05, 3.63) is 0 Å². The normalized spacial score (nSPS) is 9.62. The number of rotatable bonds is 7. The Bertz CT molecular complexity index is 147. The molecule has 3 N–H and O–H groups in total. The molecular weight excluding hydrogens is 206 g/mol. The molecule has 0 aromatic heterocycles. The maximum absolute atomic E-state index is 10.5. The highest BCUT2D eigenvalue weighted by Crippen LogP contribution is 2.06. The third kappa shape index (κ3) is 15.8. The molecule has 0 heterocycles. The predicted molar refractivity (Wildman–Crippen MR) is 66.2 cm³/mol. The molecule has 0 aromatic carbocycles. The van der Waals surface area contributed by atoms with E-state index < -0.39 is 0 Å². The quantitative estimate of drug-likeness (QED) is 0.581. The number of carbonyl (C=O) groups is 1. The Labute approximate surface area is 99.1 Å². The van der Waals surface area contributed by atoms with Crippen molar-refractivity contribution in [2.75, 3.05) is 19.8 Å². The maximum atomic E-state index is 10.5. The Balaban J connectivity index is 0. The van der Waals surface area contributed by atoms with Crippen LogP contribution >= 0.6 is 0 Å². The van der Waals surface area contributed by atoms with Gasteiger partial charge in [0.1, 0.15) is 0 Å². The molecule has 0 aromatic rings. The van der Waals surface area contributed by atoms with Crippen LogP contribution in [0.2, 0.25) is 0 Å². The molecule has 0 atom stereocenters. The second-order valence-corrected chi connectivity index (χ2v) is 3.92. The van der Waals surface area contributed by atoms with Gasteiger partial charge in [-0.15, -0.1) is 0 Å². The Morgan fingerprint density at radius 2 is 1.69 bits per heavy atom. The van der Waals surface area contributed by atoms with E-state index in [1.807, 2.05) is 0 Å². The summed E-state index contributed by atoms with van der Waals surface area (Å²) in [5.74, 6) is -0.0156. The van der Waals surface area contributed by atoms with Crippen LogP contribution in [0.4, 0.5) is 0 Å². The van der Waals surface area contributed by atoms with Crippen LogP contribution in [0.5, 0.6) is 0 Å². The van der Waals surface area contributed by atoms with Crippen LogP contribution in [0.15, 0.2) is 0 Å². The molecule has 0 radical (unpaired) electrons. The third-order valence-corrected chi connectivity index (χ3v) is 1.93. The van der Waals surface area contributed by atoms with Crippen LogP contribution in [0.25, 0.3) is 0 Å². The fraction of sp³-hybridized carbons (Fsp3) is 0.917. The van der Waals surface area contributed by atoms with Gasteiger partial charge in [-0.25, -0.2) is 0 Å². The van der Waals surface area contributed by atoms with Crippen molar-refractivity contribution in [3.8, 4) is 0 Å². The molecule has 0 saturated heterocycles. The molecule has 0 spiro atoms. The number of aliphatic hydroxyl groups excluding tert-OH is 2. The predicted octanol–water partition coefficient (Wildman–Crippen LogP) is 1.31. The monoisotopic (exact) mass is 233 g/mol. The summed E-state index contributed by atoms with van der Waals surface area (Å²) in [5, 5.41) is 20.2. The van der Waals surface area contributed by atoms with Crippen LogP contribution in [0, 0.1) is 5.92 Å². The van der Waals surface area contributed by atoms with Gasteiger partial charge in [0.15, 0.2) is 0 Å². The van der Waals surface area contributed by atoms with Crippen molar-refractivity contribution < 1.29 is 15.0 Å². The summed E-state index contributed by atoms with van der Waals surface area (Å²) in [4.78, 5) is 10.5. The molecule has 0 saturated carbocycles. The first-order chi connectivity index (χ1) is 7.62. The van der Waals surface area contributed by atoms with Gasteiger partial charge in [-0.1, -0.05) is 26.7 Å². The van der Waals surface area contributed by atoms with Crippen molar-refractivity contribution in [1.29, 1.82) is 0 Å². The van der Waals surface area contributed by atoms with E-state index in [9.17, 15) is 4.79 Å². The smallest absolute Gasteiger partial charge is 0.216 e. The number of amides is 1. The fourth-order valence-electron chi connectivity index (χ4n) is 1.06. The Hall–Kier alpha value is -0.610. The first-order valence-electron chi connectivity index (χ1n) is 6.08. The minimum Gasteiger partial charge on any atom is -0.396 e. The van der Waals surface area contributed by atoms with Crippen molar-refractivity contribution in [3.63, 3.8) is 0 Å². The first kappa shape index (κ1) is 17.8. The number of unbranched alkanes of at least 4 members (excludes halogenated alkanes) is 1. The number of nitrogens with one attached hydrogen (secondary N) is 1. The maximum Gasteiger partial charge on any atom is 0.216 e. The van der Waals surface area contributed by atoms with E-state index in [1.54, 1.807) is 0 Å². The lowest BCUT2D eigenvalue weighted by atomic mass is 10.0. The molecular formula is C12H27NO3. The number of hydrogen-bond acceptors (Lipinski definition) is 3. The molecule has 0 fully saturated rings. The molecule has 0 aliphatic carbocycles. The molecule has 0 unspecified atom stereocenters. The third-order valence-electron chi connectivity index (χ3n) is 1.93. The topological polar surface area (TPSA) is 69.6 Å². The molecule has 0 bridgehead atoms. The van der Waals surface area contributed by atoms with Gasteiger partial charge < -0.3 is 15.5 Å². The van der Waals surface area contributed by atoms with Gasteiger partial charge >= 0.3 is 0 Å². The zero-order valence-electron chi connectivity index (χ0n) is 10.8. The Kier molecular flexibility index (Phi) is 16.0. The molecule has 16 heavy (non-hydrogen) atoms. The lowest BCUT2D eigenvalue weighted by Gasteiger charge is -2.09. The average Bonchev–Trinajstić information content (AvgIpc) is 2.24. The summed E-state index contributed by atoms with van der Waals surface area (Å²) in [5.41, 5.74) is 0. The van der Waals surface area contributed by atoms with Crippen molar-refractivity contribution >= 4 is 5.91 Å². The van der Waals surface area contributed by atoms with E-state index in [-0.39, 0.29) is 25.0 Å². The molecule has 0 aliphatic heterocycles. The van der Waals surface area contributed by atoms with Gasteiger partial charge in [0, 0.05) is 32.6 Å². The Morgan fingerprint density at radius 3 is 2.06 bits per heavy atom. The summed E-state index contributed by atoms with van der Waals surface area (Å²) in [6.45, 7) is 6.50. The van der Waals surface area contributed by atoms with Gasteiger partial charge in [-0.3, -0.25) is 4.79 Å². The number of hydrogen-bond donors (Lipinski definition) is 3. The highest BCUT2D eigenvalue weighted by molar-refractivity contribution is 5.72. The summed E-state index contributed by atoms with van der Waals surface area (Å²) in [6.07, 6.45) is 3.88. The molecule has 98 valence electrons. The highest BCUT2D eigenvalue weighted by Gasteiger charge is 2.04. The standard InChI is InChI=1S/C9H19NO3.C3H8/c1-8(13)10-5-3-2-4-9(6-11)7-12;1-3-2/h9,11-12H,2-7H2,1H3,(H,10,13);3H2,1-2H3. The second-order valence-electron chi connectivity index (χ2n) is 3.92. The zero-order valence-corrected chi connectivity index (χ0v) is 10.8. The van der Waals surface area contributed by atoms with Crippen LogP contribution < -0.4 is 5.32 Å². The van der Waals surface area contributed by atoms with Gasteiger partial charge in [-0.2, -0.15) is 0 Å². The summed E-state index contributed by atoms with van der Waals surface area (Å²) in [7, 11) is 0. The largest absolute Gasteiger partial charge is 0.396 e. The van der Waals surface area contributed by atoms with Gasteiger partial charge in [0.05, 0.1) is 0 Å². The van der Waals surface area contributed by atoms with Gasteiger partial charge in [-0.05, 0) is 12.8 Å². The Morgan fingerprint density at radius 1 is 1.19 bits per heavy atom. The van der Waals surface area contributed by atoms with E-state index in [1.165, 1.54) is 13.3 Å². The van der Waals surface area contributed by atoms with E-state index in [0.717, 1.165) is 19.3 Å².